The fraction of sp³-hybridized carbons (Fsp3) is 0.375. The van der Waals surface area contributed by atoms with Gasteiger partial charge in [0.05, 0.1) is 11.0 Å². The molecule has 1 aromatic carbocycles. The van der Waals surface area contributed by atoms with Gasteiger partial charge in [-0.2, -0.15) is 0 Å². The highest BCUT2D eigenvalue weighted by Gasteiger charge is 2.19. The molecular weight excluding hydrogens is 298 g/mol. The average molecular weight is 319 g/mol. The van der Waals surface area contributed by atoms with Gasteiger partial charge < -0.3 is 10.0 Å². The number of amides is 2. The lowest BCUT2D eigenvalue weighted by Crippen LogP contribution is -2.43. The molecule has 1 aromatic heterocycles. The SMILES string of the molecule is CC(O)CN(C(=O)Nc1ncc(-c2ccccc2)s1)C(C)C. The predicted octanol–water partition coefficient (Wildman–Crippen LogP) is 3.43. The van der Waals surface area contributed by atoms with Crippen LogP contribution in [0.2, 0.25) is 0 Å². The van der Waals surface area contributed by atoms with Crippen molar-refractivity contribution < 1.29 is 9.90 Å². The molecule has 0 aliphatic carbocycles. The second-order valence-corrected chi connectivity index (χ2v) is 6.45. The molecule has 0 aliphatic heterocycles. The molecule has 1 unspecified atom stereocenters. The van der Waals surface area contributed by atoms with Crippen LogP contribution in [0.4, 0.5) is 9.93 Å². The lowest BCUT2D eigenvalue weighted by atomic mass is 10.2. The molecule has 2 aromatic rings. The first kappa shape index (κ1) is 16.5. The maximum atomic E-state index is 12.3. The van der Waals surface area contributed by atoms with E-state index in [1.165, 1.54) is 11.3 Å². The molecule has 0 fully saturated rings. The van der Waals surface area contributed by atoms with E-state index in [1.807, 2.05) is 44.2 Å². The summed E-state index contributed by atoms with van der Waals surface area (Å²) in [5.41, 5.74) is 1.07. The Morgan fingerprint density at radius 2 is 2.00 bits per heavy atom. The summed E-state index contributed by atoms with van der Waals surface area (Å²) in [6.45, 7) is 5.79. The Morgan fingerprint density at radius 1 is 1.32 bits per heavy atom. The Kier molecular flexibility index (Phi) is 5.51. The highest BCUT2D eigenvalue weighted by molar-refractivity contribution is 7.19. The predicted molar refractivity (Wildman–Crippen MR) is 90.1 cm³/mol. The van der Waals surface area contributed by atoms with E-state index < -0.39 is 6.10 Å². The summed E-state index contributed by atoms with van der Waals surface area (Å²) in [6.07, 6.45) is 1.19. The summed E-state index contributed by atoms with van der Waals surface area (Å²) in [7, 11) is 0. The molecule has 0 radical (unpaired) electrons. The van der Waals surface area contributed by atoms with Crippen molar-refractivity contribution in [2.45, 2.75) is 32.9 Å². The zero-order valence-electron chi connectivity index (χ0n) is 13.0. The van der Waals surface area contributed by atoms with E-state index in [0.29, 0.717) is 11.7 Å². The van der Waals surface area contributed by atoms with Crippen molar-refractivity contribution in [3.05, 3.63) is 36.5 Å². The van der Waals surface area contributed by atoms with Gasteiger partial charge in [-0.25, -0.2) is 9.78 Å². The van der Waals surface area contributed by atoms with Gasteiger partial charge in [-0.15, -0.1) is 0 Å². The number of nitrogens with one attached hydrogen (secondary N) is 1. The summed E-state index contributed by atoms with van der Waals surface area (Å²) in [5.74, 6) is 0. The van der Waals surface area contributed by atoms with Crippen molar-refractivity contribution in [1.82, 2.24) is 9.88 Å². The molecule has 1 atom stereocenters. The van der Waals surface area contributed by atoms with Gasteiger partial charge in [0.25, 0.3) is 0 Å². The van der Waals surface area contributed by atoms with Gasteiger partial charge in [-0.05, 0) is 26.3 Å². The number of urea groups is 1. The van der Waals surface area contributed by atoms with Crippen LogP contribution in [0, 0.1) is 0 Å². The van der Waals surface area contributed by atoms with Gasteiger partial charge in [0, 0.05) is 18.8 Å². The molecule has 0 saturated carbocycles. The molecule has 22 heavy (non-hydrogen) atoms. The molecule has 0 aliphatic rings. The van der Waals surface area contributed by atoms with Crippen LogP contribution in [0.3, 0.4) is 0 Å². The topological polar surface area (TPSA) is 65.5 Å². The lowest BCUT2D eigenvalue weighted by molar-refractivity contribution is 0.125. The largest absolute Gasteiger partial charge is 0.392 e. The van der Waals surface area contributed by atoms with Crippen molar-refractivity contribution in [3.63, 3.8) is 0 Å². The highest BCUT2D eigenvalue weighted by Crippen LogP contribution is 2.28. The molecule has 0 saturated heterocycles. The number of aliphatic hydroxyl groups excluding tert-OH is 1. The monoisotopic (exact) mass is 319 g/mol. The van der Waals surface area contributed by atoms with Gasteiger partial charge >= 0.3 is 6.03 Å². The minimum absolute atomic E-state index is 0.00292. The van der Waals surface area contributed by atoms with E-state index in [4.69, 9.17) is 0 Å². The zero-order chi connectivity index (χ0) is 16.1. The summed E-state index contributed by atoms with van der Waals surface area (Å²) in [5, 5.41) is 12.9. The third-order valence-electron chi connectivity index (χ3n) is 3.12. The fourth-order valence-corrected chi connectivity index (χ4v) is 2.86. The molecule has 5 nitrogen and oxygen atoms in total. The Morgan fingerprint density at radius 3 is 2.59 bits per heavy atom. The number of aliphatic hydroxyl groups is 1. The maximum Gasteiger partial charge on any atom is 0.323 e. The summed E-state index contributed by atoms with van der Waals surface area (Å²) in [6, 6.07) is 9.67. The molecule has 2 rings (SSSR count). The first-order chi connectivity index (χ1) is 10.5. The minimum atomic E-state index is -0.565. The van der Waals surface area contributed by atoms with E-state index in [9.17, 15) is 9.90 Å². The van der Waals surface area contributed by atoms with Gasteiger partial charge in [-0.3, -0.25) is 5.32 Å². The van der Waals surface area contributed by atoms with Gasteiger partial charge in [0.15, 0.2) is 5.13 Å². The second kappa shape index (κ2) is 7.38. The van der Waals surface area contributed by atoms with Crippen LogP contribution in [0.1, 0.15) is 20.8 Å². The van der Waals surface area contributed by atoms with Crippen molar-refractivity contribution in [1.29, 1.82) is 0 Å². The maximum absolute atomic E-state index is 12.3. The van der Waals surface area contributed by atoms with E-state index in [0.717, 1.165) is 10.4 Å². The van der Waals surface area contributed by atoms with Crippen molar-refractivity contribution >= 4 is 22.5 Å². The number of anilines is 1. The van der Waals surface area contributed by atoms with Crippen LogP contribution in [0.5, 0.6) is 0 Å². The summed E-state index contributed by atoms with van der Waals surface area (Å²) >= 11 is 1.43. The number of hydrogen-bond donors (Lipinski definition) is 2. The summed E-state index contributed by atoms with van der Waals surface area (Å²) < 4.78 is 0. The lowest BCUT2D eigenvalue weighted by Gasteiger charge is -2.27. The van der Waals surface area contributed by atoms with Crippen LogP contribution < -0.4 is 5.32 Å². The molecule has 1 heterocycles. The zero-order valence-corrected chi connectivity index (χ0v) is 13.8. The molecule has 2 N–H and O–H groups in total. The number of hydrogen-bond acceptors (Lipinski definition) is 4. The Labute approximate surface area is 134 Å². The van der Waals surface area contributed by atoms with Gasteiger partial charge in [0.2, 0.25) is 0 Å². The van der Waals surface area contributed by atoms with Crippen LogP contribution in [0.15, 0.2) is 36.5 Å². The number of rotatable bonds is 5. The number of carbonyl (C=O) groups excluding carboxylic acids is 1. The second-order valence-electron chi connectivity index (χ2n) is 5.42. The van der Waals surface area contributed by atoms with E-state index in [-0.39, 0.29) is 12.1 Å². The third kappa shape index (κ3) is 4.29. The number of aromatic nitrogens is 1. The van der Waals surface area contributed by atoms with E-state index in [1.54, 1.807) is 18.0 Å². The standard InChI is InChI=1S/C16H21N3O2S/c1-11(2)19(10-12(3)20)16(21)18-15-17-9-14(22-15)13-7-5-4-6-8-13/h4-9,11-12,20H,10H2,1-3H3,(H,17,18,21). The molecule has 118 valence electrons. The van der Waals surface area contributed by atoms with Crippen LogP contribution in [-0.4, -0.2) is 39.7 Å². The van der Waals surface area contributed by atoms with Crippen LogP contribution in [-0.2, 0) is 0 Å². The first-order valence-corrected chi connectivity index (χ1v) is 8.06. The third-order valence-corrected chi connectivity index (χ3v) is 4.08. The fourth-order valence-electron chi connectivity index (χ4n) is 2.04. The molecule has 2 amide bonds. The molecular formula is C16H21N3O2S. The number of carbonyl (C=O) groups is 1. The normalized spacial score (nSPS) is 12.2. The number of benzene rings is 1. The van der Waals surface area contributed by atoms with Crippen molar-refractivity contribution in [2.75, 3.05) is 11.9 Å². The van der Waals surface area contributed by atoms with Crippen LogP contribution >= 0.6 is 11.3 Å². The Bertz CT molecular complexity index is 611. The van der Waals surface area contributed by atoms with Crippen molar-refractivity contribution in [3.8, 4) is 10.4 Å². The highest BCUT2D eigenvalue weighted by atomic mass is 32.1. The molecule has 0 bridgehead atoms. The Balaban J connectivity index is 2.07. The van der Waals surface area contributed by atoms with Gasteiger partial charge in [-0.1, -0.05) is 41.7 Å². The number of nitrogens with zero attached hydrogens (tertiary/aromatic N) is 2. The first-order valence-electron chi connectivity index (χ1n) is 7.24. The molecule has 6 heteroatoms. The Hall–Kier alpha value is -1.92. The van der Waals surface area contributed by atoms with E-state index in [2.05, 4.69) is 10.3 Å². The molecule has 0 spiro atoms. The summed E-state index contributed by atoms with van der Waals surface area (Å²) in [4.78, 5) is 19.2. The van der Waals surface area contributed by atoms with Gasteiger partial charge in [0.1, 0.15) is 0 Å². The quantitative estimate of drug-likeness (QED) is 0.887. The average Bonchev–Trinajstić information content (AvgIpc) is 2.93. The van der Waals surface area contributed by atoms with Crippen LogP contribution in [0.25, 0.3) is 10.4 Å². The minimum Gasteiger partial charge on any atom is -0.392 e. The van der Waals surface area contributed by atoms with E-state index >= 15 is 0 Å². The smallest absolute Gasteiger partial charge is 0.323 e. The van der Waals surface area contributed by atoms with Crippen molar-refractivity contribution in [2.24, 2.45) is 0 Å². The number of thiazole rings is 1.